The maximum Gasteiger partial charge on any atom is 0.348 e. The fourth-order valence-electron chi connectivity index (χ4n) is 3.72. The third kappa shape index (κ3) is 7.45. The Labute approximate surface area is 184 Å². The molecule has 2 fully saturated rings. The maximum absolute atomic E-state index is 12.6. The lowest BCUT2D eigenvalue weighted by Gasteiger charge is -2.31. The first-order valence-electron chi connectivity index (χ1n) is 11.1. The summed E-state index contributed by atoms with van der Waals surface area (Å²) in [4.78, 5) is 26.5. The highest BCUT2D eigenvalue weighted by Gasteiger charge is 2.32. The predicted octanol–water partition coefficient (Wildman–Crippen LogP) is 5.31. The molecular formula is C24H35NO4S. The molecule has 1 aliphatic heterocycles. The van der Waals surface area contributed by atoms with Crippen molar-refractivity contribution in [3.05, 3.63) is 15.8 Å². The van der Waals surface area contributed by atoms with Gasteiger partial charge in [0.2, 0.25) is 5.91 Å². The van der Waals surface area contributed by atoms with Crippen LogP contribution in [0.3, 0.4) is 0 Å². The minimum Gasteiger partial charge on any atom is -0.477 e. The monoisotopic (exact) mass is 433 g/mol. The molecule has 1 aliphatic carbocycles. The first kappa shape index (κ1) is 24.4. The Bertz CT molecular complexity index is 764. The molecule has 0 bridgehead atoms. The lowest BCUT2D eigenvalue weighted by Crippen LogP contribution is -2.42. The zero-order valence-corrected chi connectivity index (χ0v) is 19.3. The topological polar surface area (TPSA) is 77.8 Å². The van der Waals surface area contributed by atoms with Crippen LogP contribution >= 0.6 is 11.3 Å². The van der Waals surface area contributed by atoms with Crippen LogP contribution in [0, 0.1) is 23.2 Å². The zero-order valence-electron chi connectivity index (χ0n) is 18.5. The van der Waals surface area contributed by atoms with Gasteiger partial charge in [0.1, 0.15) is 4.88 Å². The number of rotatable bonds is 4. The van der Waals surface area contributed by atoms with Crippen LogP contribution < -0.4 is 4.90 Å². The van der Waals surface area contributed by atoms with E-state index in [1.807, 2.05) is 20.8 Å². The summed E-state index contributed by atoms with van der Waals surface area (Å²) in [5, 5.41) is 18.6. The Balaban J connectivity index is 0.000000456. The van der Waals surface area contributed by atoms with Crippen LogP contribution in [0.15, 0.2) is 6.07 Å². The van der Waals surface area contributed by atoms with Crippen molar-refractivity contribution >= 4 is 28.9 Å². The summed E-state index contributed by atoms with van der Waals surface area (Å²) in [6, 6.07) is 1.70. The molecule has 1 saturated carbocycles. The van der Waals surface area contributed by atoms with Gasteiger partial charge in [-0.1, -0.05) is 50.4 Å². The number of carboxylic acid groups (broad SMARTS) is 1. The van der Waals surface area contributed by atoms with E-state index in [1.54, 1.807) is 11.0 Å². The minimum atomic E-state index is -1.05. The lowest BCUT2D eigenvalue weighted by atomic mass is 9.93. The Morgan fingerprint density at radius 2 is 1.77 bits per heavy atom. The van der Waals surface area contributed by atoms with Gasteiger partial charge in [0.05, 0.1) is 10.6 Å². The molecule has 1 atom stereocenters. The first-order chi connectivity index (χ1) is 14.2. The maximum atomic E-state index is 12.6. The summed E-state index contributed by atoms with van der Waals surface area (Å²) in [5.74, 6) is 4.72. The molecule has 0 spiro atoms. The summed E-state index contributed by atoms with van der Waals surface area (Å²) >= 11 is 1.10. The molecule has 1 saturated heterocycles. The van der Waals surface area contributed by atoms with Gasteiger partial charge in [-0.05, 0) is 46.1 Å². The van der Waals surface area contributed by atoms with Crippen molar-refractivity contribution in [2.45, 2.75) is 78.6 Å². The normalized spacial score (nSPS) is 19.4. The number of carboxylic acids is 1. The number of carbonyl (C=O) groups excluding carboxylic acids is 1. The van der Waals surface area contributed by atoms with Crippen molar-refractivity contribution in [1.29, 1.82) is 0 Å². The number of aliphatic hydroxyl groups excluding tert-OH is 1. The molecule has 2 heterocycles. The average Bonchev–Trinajstić information content (AvgIpc) is 3.14. The summed E-state index contributed by atoms with van der Waals surface area (Å²) in [6.45, 7) is 6.42. The van der Waals surface area contributed by atoms with Gasteiger partial charge >= 0.3 is 5.97 Å². The fourth-order valence-corrected chi connectivity index (χ4v) is 4.57. The van der Waals surface area contributed by atoms with Crippen molar-refractivity contribution in [2.24, 2.45) is 11.3 Å². The van der Waals surface area contributed by atoms with Gasteiger partial charge < -0.3 is 15.1 Å². The van der Waals surface area contributed by atoms with E-state index in [0.29, 0.717) is 23.5 Å². The smallest absolute Gasteiger partial charge is 0.348 e. The van der Waals surface area contributed by atoms with E-state index in [4.69, 9.17) is 5.11 Å². The summed E-state index contributed by atoms with van der Waals surface area (Å²) in [6.07, 6.45) is 11.0. The number of piperidine rings is 1. The highest BCUT2D eigenvalue weighted by atomic mass is 32.1. The summed E-state index contributed by atoms with van der Waals surface area (Å²) in [7, 11) is 0. The van der Waals surface area contributed by atoms with Crippen LogP contribution in [0.25, 0.3) is 0 Å². The van der Waals surface area contributed by atoms with Crippen LogP contribution in [0.4, 0.5) is 5.69 Å². The predicted molar refractivity (Wildman–Crippen MR) is 122 cm³/mol. The third-order valence-electron chi connectivity index (χ3n) is 5.29. The zero-order chi connectivity index (χ0) is 22.1. The van der Waals surface area contributed by atoms with Gasteiger partial charge in [-0.2, -0.15) is 0 Å². The van der Waals surface area contributed by atoms with Gasteiger partial charge in [-0.25, -0.2) is 4.79 Å². The van der Waals surface area contributed by atoms with Gasteiger partial charge in [0.25, 0.3) is 0 Å². The van der Waals surface area contributed by atoms with E-state index < -0.39 is 5.97 Å². The fraction of sp³-hybridized carbons (Fsp3) is 0.667. The number of hydrogen-bond donors (Lipinski definition) is 2. The second kappa shape index (κ2) is 11.5. The summed E-state index contributed by atoms with van der Waals surface area (Å²) < 4.78 is 0. The van der Waals surface area contributed by atoms with Crippen molar-refractivity contribution in [3.63, 3.8) is 0 Å². The van der Waals surface area contributed by atoms with E-state index in [-0.39, 0.29) is 28.7 Å². The molecule has 5 nitrogen and oxygen atoms in total. The molecule has 6 heteroatoms. The number of nitrogens with zero attached hydrogens (tertiary/aromatic N) is 1. The number of aromatic carboxylic acids is 1. The highest BCUT2D eigenvalue weighted by molar-refractivity contribution is 7.15. The van der Waals surface area contributed by atoms with Gasteiger partial charge in [-0.15, -0.1) is 11.3 Å². The second-order valence-electron chi connectivity index (χ2n) is 9.09. The Morgan fingerprint density at radius 3 is 2.27 bits per heavy atom. The molecule has 0 radical (unpaired) electrons. The number of amides is 1. The third-order valence-corrected chi connectivity index (χ3v) is 6.31. The van der Waals surface area contributed by atoms with Crippen molar-refractivity contribution < 1.29 is 19.8 Å². The van der Waals surface area contributed by atoms with E-state index in [2.05, 4.69) is 11.8 Å². The molecule has 1 aromatic rings. The largest absolute Gasteiger partial charge is 0.477 e. The molecule has 1 unspecified atom stereocenters. The molecule has 166 valence electrons. The Hall–Kier alpha value is -1.84. The minimum absolute atomic E-state index is 0.0397. The molecule has 1 aromatic heterocycles. The van der Waals surface area contributed by atoms with Crippen LogP contribution in [0.1, 0.15) is 93.1 Å². The van der Waals surface area contributed by atoms with Crippen LogP contribution in [-0.4, -0.2) is 35.2 Å². The summed E-state index contributed by atoms with van der Waals surface area (Å²) in [5.41, 5.74) is 0.249. The highest BCUT2D eigenvalue weighted by Crippen LogP contribution is 2.34. The Morgan fingerprint density at radius 1 is 1.17 bits per heavy atom. The van der Waals surface area contributed by atoms with Gasteiger partial charge in [-0.3, -0.25) is 4.79 Å². The first-order valence-corrected chi connectivity index (χ1v) is 11.9. The van der Waals surface area contributed by atoms with Crippen molar-refractivity contribution in [1.82, 2.24) is 0 Å². The van der Waals surface area contributed by atoms with E-state index >= 15 is 0 Å². The van der Waals surface area contributed by atoms with Gasteiger partial charge in [0.15, 0.2) is 0 Å². The van der Waals surface area contributed by atoms with E-state index in [0.717, 1.165) is 24.2 Å². The molecule has 2 N–H and O–H groups in total. The number of thiophene rings is 1. The number of hydrogen-bond acceptors (Lipinski definition) is 4. The molecule has 1 amide bonds. The van der Waals surface area contributed by atoms with E-state index in [9.17, 15) is 14.7 Å². The molecule has 0 aromatic carbocycles. The van der Waals surface area contributed by atoms with Crippen molar-refractivity contribution in [3.8, 4) is 11.8 Å². The quantitative estimate of drug-likeness (QED) is 0.631. The van der Waals surface area contributed by atoms with Crippen LogP contribution in [-0.2, 0) is 4.79 Å². The van der Waals surface area contributed by atoms with Gasteiger partial charge in [0, 0.05) is 24.5 Å². The Kier molecular flexibility index (Phi) is 9.38. The second-order valence-corrected chi connectivity index (χ2v) is 10.1. The van der Waals surface area contributed by atoms with Crippen LogP contribution in [0.2, 0.25) is 0 Å². The molecule has 3 rings (SSSR count). The molecular weight excluding hydrogens is 398 g/mol. The van der Waals surface area contributed by atoms with Crippen molar-refractivity contribution in [2.75, 3.05) is 18.1 Å². The number of carbonyl (C=O) groups is 2. The number of aliphatic hydroxyl groups is 1. The molecule has 30 heavy (non-hydrogen) atoms. The average molecular weight is 434 g/mol. The molecule has 2 aliphatic rings. The standard InChI is InChI=1S/C18H23NO4S.C6H12/c1-18(2,3)8-6-13-11-14(15(24-13)17(22)23)19-9-4-5-12(7-10-20)16(19)21;1-2-4-6-5-3-1/h11-12,20H,4-5,7,9-10H2,1-3H3,(H,22,23);1-6H2. The van der Waals surface area contributed by atoms with E-state index in [1.165, 1.54) is 38.5 Å². The SMILES string of the molecule is C1CCCCC1.CC(C)(C)C#Cc1cc(N2CCCC(CCO)C2=O)c(C(=O)O)s1. The number of anilines is 1. The van der Waals surface area contributed by atoms with Crippen LogP contribution in [0.5, 0.6) is 0 Å². The lowest BCUT2D eigenvalue weighted by molar-refractivity contribution is -0.124.